The van der Waals surface area contributed by atoms with Crippen LogP contribution in [0.15, 0.2) is 54.6 Å². The van der Waals surface area contributed by atoms with E-state index >= 15 is 0 Å². The van der Waals surface area contributed by atoms with E-state index in [1.165, 1.54) is 12.1 Å². The molecule has 1 aliphatic carbocycles. The summed E-state index contributed by atoms with van der Waals surface area (Å²) in [6.45, 7) is 1.21. The van der Waals surface area contributed by atoms with E-state index in [4.69, 9.17) is 10.8 Å². The molecule has 1 heterocycles. The van der Waals surface area contributed by atoms with Crippen molar-refractivity contribution in [2.45, 2.75) is 44.1 Å². The number of nitrogens with one attached hydrogen (secondary N) is 1. The largest absolute Gasteiger partial charge is 0.478 e. The highest BCUT2D eigenvalue weighted by Gasteiger charge is 2.44. The average molecular weight is 450 g/mol. The van der Waals surface area contributed by atoms with Crippen molar-refractivity contribution in [3.05, 3.63) is 65.7 Å². The third kappa shape index (κ3) is 5.09. The van der Waals surface area contributed by atoms with Gasteiger partial charge in [0.2, 0.25) is 11.8 Å². The van der Waals surface area contributed by atoms with Crippen LogP contribution >= 0.6 is 0 Å². The number of amides is 2. The molecule has 0 aromatic heterocycles. The second-order valence-corrected chi connectivity index (χ2v) is 9.11. The summed E-state index contributed by atoms with van der Waals surface area (Å²) in [4.78, 5) is 39.9. The van der Waals surface area contributed by atoms with Gasteiger partial charge in [0, 0.05) is 24.1 Å². The number of nitrogens with two attached hydrogens (primary N) is 1. The summed E-state index contributed by atoms with van der Waals surface area (Å²) >= 11 is 0. The molecule has 2 aliphatic rings. The van der Waals surface area contributed by atoms with Crippen molar-refractivity contribution >= 4 is 23.5 Å². The molecule has 4 rings (SSSR count). The molecular formula is C26H31N3O4. The van der Waals surface area contributed by atoms with Gasteiger partial charge in [0.15, 0.2) is 0 Å². The molecule has 33 heavy (non-hydrogen) atoms. The van der Waals surface area contributed by atoms with E-state index in [-0.39, 0.29) is 29.2 Å². The summed E-state index contributed by atoms with van der Waals surface area (Å²) in [6.07, 6.45) is 4.27. The monoisotopic (exact) mass is 449 g/mol. The Morgan fingerprint density at radius 3 is 2.21 bits per heavy atom. The molecule has 2 aromatic carbocycles. The van der Waals surface area contributed by atoms with Crippen LogP contribution < -0.4 is 11.1 Å². The lowest BCUT2D eigenvalue weighted by atomic mass is 9.81. The summed E-state index contributed by atoms with van der Waals surface area (Å²) in [7, 11) is 0. The molecule has 7 heteroatoms. The third-order valence-electron chi connectivity index (χ3n) is 7.11. The van der Waals surface area contributed by atoms with Crippen molar-refractivity contribution in [1.29, 1.82) is 0 Å². The Hall–Kier alpha value is -3.19. The van der Waals surface area contributed by atoms with Gasteiger partial charge in [-0.05, 0) is 74.4 Å². The van der Waals surface area contributed by atoms with E-state index in [9.17, 15) is 14.4 Å². The Kier molecular flexibility index (Phi) is 7.08. The summed E-state index contributed by atoms with van der Waals surface area (Å²) < 4.78 is 0. The molecule has 0 spiro atoms. The van der Waals surface area contributed by atoms with Gasteiger partial charge in [-0.25, -0.2) is 4.79 Å². The van der Waals surface area contributed by atoms with E-state index in [2.05, 4.69) is 5.32 Å². The lowest BCUT2D eigenvalue weighted by molar-refractivity contribution is -0.141. The van der Waals surface area contributed by atoms with Gasteiger partial charge in [0.1, 0.15) is 6.04 Å². The Bertz CT molecular complexity index is 984. The zero-order valence-corrected chi connectivity index (χ0v) is 18.7. The number of rotatable bonds is 6. The normalized spacial score (nSPS) is 24.9. The molecule has 2 amide bonds. The van der Waals surface area contributed by atoms with Crippen molar-refractivity contribution in [2.75, 3.05) is 18.4 Å². The first-order chi connectivity index (χ1) is 16.0. The fourth-order valence-corrected chi connectivity index (χ4v) is 5.21. The van der Waals surface area contributed by atoms with Crippen molar-refractivity contribution < 1.29 is 19.5 Å². The molecule has 1 aliphatic heterocycles. The molecule has 174 valence electrons. The molecule has 1 saturated heterocycles. The van der Waals surface area contributed by atoms with Gasteiger partial charge in [-0.2, -0.15) is 0 Å². The average Bonchev–Trinajstić information content (AvgIpc) is 3.30. The molecule has 7 nitrogen and oxygen atoms in total. The Balaban J connectivity index is 1.55. The number of carbonyl (C=O) groups excluding carboxylic acids is 2. The number of hydrogen-bond donors (Lipinski definition) is 3. The number of hydrogen-bond acceptors (Lipinski definition) is 4. The van der Waals surface area contributed by atoms with Crippen LogP contribution in [0.5, 0.6) is 0 Å². The van der Waals surface area contributed by atoms with E-state index in [0.29, 0.717) is 24.7 Å². The number of nitrogens with zero attached hydrogens (tertiary/aromatic N) is 1. The summed E-state index contributed by atoms with van der Waals surface area (Å²) in [6, 6.07) is 15.3. The number of aromatic carboxylic acids is 1. The maximum Gasteiger partial charge on any atom is 0.335 e. The first-order valence-corrected chi connectivity index (χ1v) is 11.7. The van der Waals surface area contributed by atoms with Crippen LogP contribution in [0, 0.1) is 11.8 Å². The number of anilines is 1. The Labute approximate surface area is 194 Å². The van der Waals surface area contributed by atoms with Crippen LogP contribution in [-0.2, 0) is 9.59 Å². The van der Waals surface area contributed by atoms with Gasteiger partial charge in [-0.15, -0.1) is 0 Å². The van der Waals surface area contributed by atoms with Crippen molar-refractivity contribution in [3.63, 3.8) is 0 Å². The molecule has 2 atom stereocenters. The van der Waals surface area contributed by atoms with E-state index in [1.807, 2.05) is 30.3 Å². The highest BCUT2D eigenvalue weighted by Crippen LogP contribution is 2.37. The number of likely N-dealkylation sites (tertiary alicyclic amines) is 1. The van der Waals surface area contributed by atoms with Crippen LogP contribution in [-0.4, -0.2) is 46.9 Å². The molecule has 2 aromatic rings. The zero-order chi connectivity index (χ0) is 23.4. The fraction of sp³-hybridized carbons (Fsp3) is 0.423. The van der Waals surface area contributed by atoms with Gasteiger partial charge < -0.3 is 21.1 Å². The minimum atomic E-state index is -1.02. The first-order valence-electron chi connectivity index (χ1n) is 11.7. The molecule has 4 N–H and O–H groups in total. The van der Waals surface area contributed by atoms with Crippen LogP contribution in [0.2, 0.25) is 0 Å². The lowest BCUT2D eigenvalue weighted by Crippen LogP contribution is -2.48. The van der Waals surface area contributed by atoms with E-state index < -0.39 is 12.0 Å². The van der Waals surface area contributed by atoms with Gasteiger partial charge in [-0.3, -0.25) is 9.59 Å². The quantitative estimate of drug-likeness (QED) is 0.625. The third-order valence-corrected chi connectivity index (χ3v) is 7.11. The first kappa shape index (κ1) is 23.0. The number of carboxylic acid groups (broad SMARTS) is 1. The number of benzene rings is 2. The highest BCUT2D eigenvalue weighted by atomic mass is 16.4. The summed E-state index contributed by atoms with van der Waals surface area (Å²) in [5.41, 5.74) is 7.52. The van der Waals surface area contributed by atoms with Crippen molar-refractivity contribution in [1.82, 2.24) is 4.90 Å². The molecular weight excluding hydrogens is 418 g/mol. The Morgan fingerprint density at radius 2 is 1.61 bits per heavy atom. The van der Waals surface area contributed by atoms with Gasteiger partial charge in [0.25, 0.3) is 0 Å². The minimum absolute atomic E-state index is 0.0604. The van der Waals surface area contributed by atoms with Gasteiger partial charge in [-0.1, -0.05) is 30.3 Å². The maximum atomic E-state index is 13.5. The molecule has 2 fully saturated rings. The SMILES string of the molecule is NC[C@H]1CC[C@H](C(=O)N2CC[C@@H](c3ccccc3)[C@H]2C(=O)Nc2ccc(C(=O)O)cc2)CC1. The molecule has 0 unspecified atom stereocenters. The van der Waals surface area contributed by atoms with Gasteiger partial charge in [0.05, 0.1) is 5.56 Å². The molecule has 1 saturated carbocycles. The summed E-state index contributed by atoms with van der Waals surface area (Å²) in [5.74, 6) is -0.869. The maximum absolute atomic E-state index is 13.5. The topological polar surface area (TPSA) is 113 Å². The summed E-state index contributed by atoms with van der Waals surface area (Å²) in [5, 5.41) is 12.0. The van der Waals surface area contributed by atoms with Gasteiger partial charge >= 0.3 is 5.97 Å². The predicted octanol–water partition coefficient (Wildman–Crippen LogP) is 3.47. The van der Waals surface area contributed by atoms with E-state index in [0.717, 1.165) is 37.7 Å². The fourth-order valence-electron chi connectivity index (χ4n) is 5.21. The second kappa shape index (κ2) is 10.2. The number of carboxylic acids is 1. The molecule has 0 radical (unpaired) electrons. The van der Waals surface area contributed by atoms with Crippen LogP contribution in [0.25, 0.3) is 0 Å². The lowest BCUT2D eigenvalue weighted by Gasteiger charge is -2.33. The van der Waals surface area contributed by atoms with E-state index in [1.54, 1.807) is 17.0 Å². The minimum Gasteiger partial charge on any atom is -0.478 e. The van der Waals surface area contributed by atoms with Crippen molar-refractivity contribution in [2.24, 2.45) is 17.6 Å². The number of carbonyl (C=O) groups is 3. The Morgan fingerprint density at radius 1 is 0.939 bits per heavy atom. The smallest absolute Gasteiger partial charge is 0.335 e. The standard InChI is InChI=1S/C26H31N3O4/c27-16-17-6-8-19(9-7-17)25(31)29-15-14-22(18-4-2-1-3-5-18)23(29)24(30)28-21-12-10-20(11-13-21)26(32)33/h1-5,10-13,17,19,22-23H,6-9,14-16,27H2,(H,28,30)(H,32,33)/t17-,19-,22-,23-/m0/s1. The predicted molar refractivity (Wildman–Crippen MR) is 126 cm³/mol. The van der Waals surface area contributed by atoms with Crippen LogP contribution in [0.4, 0.5) is 5.69 Å². The zero-order valence-electron chi connectivity index (χ0n) is 18.7. The highest BCUT2D eigenvalue weighted by molar-refractivity contribution is 5.99. The van der Waals surface area contributed by atoms with Crippen LogP contribution in [0.3, 0.4) is 0 Å². The van der Waals surface area contributed by atoms with Crippen molar-refractivity contribution in [3.8, 4) is 0 Å². The molecule has 0 bridgehead atoms. The second-order valence-electron chi connectivity index (χ2n) is 9.11. The van der Waals surface area contributed by atoms with Crippen LogP contribution in [0.1, 0.15) is 53.9 Å².